The summed E-state index contributed by atoms with van der Waals surface area (Å²) in [5.74, 6) is 1.05. The number of hydrogen-bond donors (Lipinski definition) is 1. The van der Waals surface area contributed by atoms with Gasteiger partial charge in [-0.1, -0.05) is 44.5 Å². The number of nitrogens with zero attached hydrogens (tertiary/aromatic N) is 2. The summed E-state index contributed by atoms with van der Waals surface area (Å²) in [6.45, 7) is 4.89. The molecule has 108 valence electrons. The van der Waals surface area contributed by atoms with Crippen LogP contribution in [0.25, 0.3) is 0 Å². The summed E-state index contributed by atoms with van der Waals surface area (Å²) in [5, 5.41) is 10.4. The van der Waals surface area contributed by atoms with Crippen molar-refractivity contribution in [1.29, 1.82) is 0 Å². The maximum absolute atomic E-state index is 10.4. The van der Waals surface area contributed by atoms with E-state index in [0.29, 0.717) is 6.54 Å². The van der Waals surface area contributed by atoms with Crippen molar-refractivity contribution < 1.29 is 5.11 Å². The van der Waals surface area contributed by atoms with Gasteiger partial charge in [0.05, 0.1) is 12.6 Å². The van der Waals surface area contributed by atoms with E-state index in [1.807, 2.05) is 29.1 Å². The molecule has 3 nitrogen and oxygen atoms in total. The van der Waals surface area contributed by atoms with Gasteiger partial charge in [0.2, 0.25) is 0 Å². The summed E-state index contributed by atoms with van der Waals surface area (Å²) in [7, 11) is 0. The smallest absolute Gasteiger partial charge is 0.108 e. The molecule has 0 radical (unpaired) electrons. The molecular weight excluding hydrogens is 248 g/mol. The van der Waals surface area contributed by atoms with Crippen LogP contribution in [0.15, 0.2) is 36.7 Å². The zero-order valence-corrected chi connectivity index (χ0v) is 12.4. The molecule has 20 heavy (non-hydrogen) atoms. The van der Waals surface area contributed by atoms with Gasteiger partial charge in [0, 0.05) is 18.8 Å². The van der Waals surface area contributed by atoms with E-state index >= 15 is 0 Å². The third kappa shape index (κ3) is 3.70. The second-order valence-corrected chi connectivity index (χ2v) is 5.25. The zero-order valence-electron chi connectivity index (χ0n) is 12.4. The molecule has 0 fully saturated rings. The summed E-state index contributed by atoms with van der Waals surface area (Å²) in [6.07, 6.45) is 7.54. The van der Waals surface area contributed by atoms with Crippen LogP contribution in [0.4, 0.5) is 0 Å². The van der Waals surface area contributed by atoms with E-state index in [-0.39, 0.29) is 0 Å². The van der Waals surface area contributed by atoms with Crippen LogP contribution in [-0.4, -0.2) is 14.7 Å². The van der Waals surface area contributed by atoms with Crippen molar-refractivity contribution in [1.82, 2.24) is 9.55 Å². The lowest BCUT2D eigenvalue weighted by Crippen LogP contribution is -2.11. The van der Waals surface area contributed by atoms with Gasteiger partial charge in [-0.25, -0.2) is 4.98 Å². The van der Waals surface area contributed by atoms with E-state index in [9.17, 15) is 5.11 Å². The fourth-order valence-electron chi connectivity index (χ4n) is 2.44. The fraction of sp³-hybridized carbons (Fsp3) is 0.471. The van der Waals surface area contributed by atoms with E-state index in [2.05, 4.69) is 31.0 Å². The lowest BCUT2D eigenvalue weighted by atomic mass is 10.0. The molecular formula is C17H24N2O. The quantitative estimate of drug-likeness (QED) is 0.837. The van der Waals surface area contributed by atoms with E-state index in [1.54, 1.807) is 0 Å². The largest absolute Gasteiger partial charge is 0.387 e. The predicted octanol–water partition coefficient (Wildman–Crippen LogP) is 3.52. The fourth-order valence-corrected chi connectivity index (χ4v) is 2.44. The van der Waals surface area contributed by atoms with Gasteiger partial charge in [-0.3, -0.25) is 0 Å². The zero-order chi connectivity index (χ0) is 14.4. The van der Waals surface area contributed by atoms with Gasteiger partial charge in [0.25, 0.3) is 0 Å². The standard InChI is InChI=1S/C17H24N2O/c1-3-5-14-7-9-15(10-8-14)16(20)13-19-12-11-18-17(19)6-4-2/h7-12,16,20H,3-6,13H2,1-2H3. The molecule has 0 aliphatic heterocycles. The molecule has 0 spiro atoms. The Morgan fingerprint density at radius 2 is 1.80 bits per heavy atom. The van der Waals surface area contributed by atoms with Gasteiger partial charge in [-0.2, -0.15) is 0 Å². The van der Waals surface area contributed by atoms with Gasteiger partial charge >= 0.3 is 0 Å². The maximum atomic E-state index is 10.4. The lowest BCUT2D eigenvalue weighted by Gasteiger charge is -2.14. The Labute approximate surface area is 121 Å². The second kappa shape index (κ2) is 7.25. The molecule has 3 heteroatoms. The molecule has 1 unspecified atom stereocenters. The van der Waals surface area contributed by atoms with Gasteiger partial charge in [0.15, 0.2) is 0 Å². The number of aliphatic hydroxyl groups is 1. The minimum atomic E-state index is -0.476. The highest BCUT2D eigenvalue weighted by atomic mass is 16.3. The van der Waals surface area contributed by atoms with Crippen molar-refractivity contribution in [3.63, 3.8) is 0 Å². The number of rotatable bonds is 7. The van der Waals surface area contributed by atoms with Gasteiger partial charge in [-0.15, -0.1) is 0 Å². The Bertz CT molecular complexity index is 516. The van der Waals surface area contributed by atoms with Crippen LogP contribution in [0.1, 0.15) is 49.7 Å². The molecule has 1 aromatic heterocycles. The third-order valence-electron chi connectivity index (χ3n) is 3.55. The minimum Gasteiger partial charge on any atom is -0.387 e. The average molecular weight is 272 g/mol. The van der Waals surface area contributed by atoms with Gasteiger partial charge in [0.1, 0.15) is 5.82 Å². The van der Waals surface area contributed by atoms with Crippen molar-refractivity contribution in [2.24, 2.45) is 0 Å². The SMILES string of the molecule is CCCc1ccc(C(O)Cn2ccnc2CCC)cc1. The molecule has 1 aromatic carbocycles. The van der Waals surface area contributed by atoms with Crippen molar-refractivity contribution in [2.45, 2.75) is 52.2 Å². The summed E-state index contributed by atoms with van der Waals surface area (Å²) in [6, 6.07) is 8.30. The van der Waals surface area contributed by atoms with Crippen molar-refractivity contribution in [2.75, 3.05) is 0 Å². The summed E-state index contributed by atoms with van der Waals surface area (Å²) < 4.78 is 2.05. The maximum Gasteiger partial charge on any atom is 0.108 e. The van der Waals surface area contributed by atoms with Crippen LogP contribution in [0, 0.1) is 0 Å². The Kier molecular flexibility index (Phi) is 5.36. The van der Waals surface area contributed by atoms with Crippen LogP contribution in [0.2, 0.25) is 0 Å². The highest BCUT2D eigenvalue weighted by Crippen LogP contribution is 2.17. The van der Waals surface area contributed by atoms with E-state index in [1.165, 1.54) is 5.56 Å². The first-order valence-corrected chi connectivity index (χ1v) is 7.51. The number of imidazole rings is 1. The highest BCUT2D eigenvalue weighted by Gasteiger charge is 2.10. The molecule has 2 rings (SSSR count). The first kappa shape index (κ1) is 14.8. The highest BCUT2D eigenvalue weighted by molar-refractivity contribution is 5.24. The molecule has 2 aromatic rings. The van der Waals surface area contributed by atoms with E-state index in [4.69, 9.17) is 0 Å². The van der Waals surface area contributed by atoms with E-state index < -0.39 is 6.10 Å². The third-order valence-corrected chi connectivity index (χ3v) is 3.55. The topological polar surface area (TPSA) is 38.0 Å². The van der Waals surface area contributed by atoms with Crippen LogP contribution in [0.5, 0.6) is 0 Å². The van der Waals surface area contributed by atoms with Crippen molar-refractivity contribution >= 4 is 0 Å². The number of aliphatic hydroxyl groups excluding tert-OH is 1. The van der Waals surface area contributed by atoms with Crippen molar-refractivity contribution in [3.8, 4) is 0 Å². The second-order valence-electron chi connectivity index (χ2n) is 5.25. The Morgan fingerprint density at radius 1 is 1.10 bits per heavy atom. The number of aryl methyl sites for hydroxylation is 2. The normalized spacial score (nSPS) is 12.6. The van der Waals surface area contributed by atoms with Crippen LogP contribution in [-0.2, 0) is 19.4 Å². The Morgan fingerprint density at radius 3 is 2.45 bits per heavy atom. The first-order chi connectivity index (χ1) is 9.74. The first-order valence-electron chi connectivity index (χ1n) is 7.51. The molecule has 0 saturated heterocycles. The minimum absolute atomic E-state index is 0.476. The average Bonchev–Trinajstić information content (AvgIpc) is 2.88. The molecule has 0 aliphatic rings. The van der Waals surface area contributed by atoms with Crippen LogP contribution in [0.3, 0.4) is 0 Å². The number of aromatic nitrogens is 2. The number of benzene rings is 1. The Hall–Kier alpha value is -1.61. The lowest BCUT2D eigenvalue weighted by molar-refractivity contribution is 0.155. The molecule has 1 N–H and O–H groups in total. The van der Waals surface area contributed by atoms with Gasteiger partial charge in [-0.05, 0) is 24.0 Å². The molecule has 1 atom stereocenters. The summed E-state index contributed by atoms with van der Waals surface area (Å²) >= 11 is 0. The predicted molar refractivity (Wildman–Crippen MR) is 81.6 cm³/mol. The molecule has 0 amide bonds. The Balaban J connectivity index is 2.03. The summed E-state index contributed by atoms with van der Waals surface area (Å²) in [5.41, 5.74) is 2.30. The van der Waals surface area contributed by atoms with Crippen LogP contribution >= 0.6 is 0 Å². The van der Waals surface area contributed by atoms with Gasteiger partial charge < -0.3 is 9.67 Å². The summed E-state index contributed by atoms with van der Waals surface area (Å²) in [4.78, 5) is 4.34. The van der Waals surface area contributed by atoms with E-state index in [0.717, 1.165) is 37.1 Å². The molecule has 1 heterocycles. The molecule has 0 saturated carbocycles. The molecule has 0 bridgehead atoms. The van der Waals surface area contributed by atoms with Crippen LogP contribution < -0.4 is 0 Å². The monoisotopic (exact) mass is 272 g/mol. The number of hydrogen-bond acceptors (Lipinski definition) is 2. The van der Waals surface area contributed by atoms with Crippen molar-refractivity contribution in [3.05, 3.63) is 53.6 Å². The molecule has 0 aliphatic carbocycles.